The highest BCUT2D eigenvalue weighted by Crippen LogP contribution is 2.12. The van der Waals surface area contributed by atoms with Gasteiger partial charge in [-0.1, -0.05) is 0 Å². The summed E-state index contributed by atoms with van der Waals surface area (Å²) in [5.74, 6) is -0.312. The highest BCUT2D eigenvalue weighted by atomic mass is 32.1. The standard InChI is InChI=1S/C14H22N4O2S/c1-10(14(20)18-7-3-2-4-8-18)16-13(19)11-9-21-12(17-11)5-6-15/h9-10H,2-8,15H2,1H3,(H,16,19). The number of rotatable bonds is 5. The van der Waals surface area contributed by atoms with Gasteiger partial charge in [0.25, 0.3) is 5.91 Å². The first-order valence-electron chi connectivity index (χ1n) is 7.36. The fourth-order valence-corrected chi connectivity index (χ4v) is 3.17. The van der Waals surface area contributed by atoms with Crippen LogP contribution in [0.5, 0.6) is 0 Å². The van der Waals surface area contributed by atoms with Crippen molar-refractivity contribution in [3.05, 3.63) is 16.1 Å². The summed E-state index contributed by atoms with van der Waals surface area (Å²) in [6, 6.07) is -0.518. The second-order valence-corrected chi connectivity index (χ2v) is 6.19. The summed E-state index contributed by atoms with van der Waals surface area (Å²) in [4.78, 5) is 30.4. The lowest BCUT2D eigenvalue weighted by Crippen LogP contribution is -2.48. The molecule has 116 valence electrons. The summed E-state index contributed by atoms with van der Waals surface area (Å²) < 4.78 is 0. The Hall–Kier alpha value is -1.47. The van der Waals surface area contributed by atoms with Gasteiger partial charge in [0.2, 0.25) is 5.91 Å². The summed E-state index contributed by atoms with van der Waals surface area (Å²) in [6.07, 6.45) is 3.93. The van der Waals surface area contributed by atoms with Crippen molar-refractivity contribution in [2.24, 2.45) is 5.73 Å². The van der Waals surface area contributed by atoms with Gasteiger partial charge in [0.1, 0.15) is 11.7 Å². The van der Waals surface area contributed by atoms with E-state index in [2.05, 4.69) is 10.3 Å². The molecule has 1 aromatic heterocycles. The Balaban J connectivity index is 1.89. The predicted molar refractivity (Wildman–Crippen MR) is 82.2 cm³/mol. The van der Waals surface area contributed by atoms with Gasteiger partial charge in [-0.3, -0.25) is 9.59 Å². The summed E-state index contributed by atoms with van der Waals surface area (Å²) in [6.45, 7) is 3.81. The van der Waals surface area contributed by atoms with Gasteiger partial charge in [0.05, 0.1) is 5.01 Å². The average Bonchev–Trinajstić information content (AvgIpc) is 2.96. The lowest BCUT2D eigenvalue weighted by Gasteiger charge is -2.29. The number of piperidine rings is 1. The largest absolute Gasteiger partial charge is 0.341 e. The van der Waals surface area contributed by atoms with Crippen LogP contribution in [0.4, 0.5) is 0 Å². The topological polar surface area (TPSA) is 88.3 Å². The number of nitrogens with two attached hydrogens (primary N) is 1. The molecule has 1 fully saturated rings. The van der Waals surface area contributed by atoms with Crippen LogP contribution in [0.1, 0.15) is 41.7 Å². The van der Waals surface area contributed by atoms with Crippen LogP contribution in [0, 0.1) is 0 Å². The van der Waals surface area contributed by atoms with Crippen LogP contribution in [0.2, 0.25) is 0 Å². The third kappa shape index (κ3) is 4.25. The number of hydrogen-bond donors (Lipinski definition) is 2. The summed E-state index contributed by atoms with van der Waals surface area (Å²) in [5.41, 5.74) is 5.83. The number of nitrogens with zero attached hydrogens (tertiary/aromatic N) is 2. The molecule has 0 radical (unpaired) electrons. The molecule has 1 aliphatic heterocycles. The lowest BCUT2D eigenvalue weighted by molar-refractivity contribution is -0.133. The van der Waals surface area contributed by atoms with Crippen LogP contribution in [-0.2, 0) is 11.2 Å². The molecule has 1 saturated heterocycles. The maximum atomic E-state index is 12.2. The third-order valence-corrected chi connectivity index (χ3v) is 4.44. The first kappa shape index (κ1) is 15.9. The third-order valence-electron chi connectivity index (χ3n) is 3.53. The number of hydrogen-bond acceptors (Lipinski definition) is 5. The van der Waals surface area contributed by atoms with Gasteiger partial charge >= 0.3 is 0 Å². The van der Waals surface area contributed by atoms with E-state index in [9.17, 15) is 9.59 Å². The van der Waals surface area contributed by atoms with Gasteiger partial charge in [-0.05, 0) is 32.7 Å². The summed E-state index contributed by atoms with van der Waals surface area (Å²) >= 11 is 1.42. The maximum Gasteiger partial charge on any atom is 0.271 e. The zero-order valence-electron chi connectivity index (χ0n) is 12.3. The molecule has 1 unspecified atom stereocenters. The van der Waals surface area contributed by atoms with Crippen LogP contribution in [0.15, 0.2) is 5.38 Å². The summed E-state index contributed by atoms with van der Waals surface area (Å²) in [5, 5.41) is 5.28. The maximum absolute atomic E-state index is 12.2. The van der Waals surface area contributed by atoms with Crippen molar-refractivity contribution < 1.29 is 9.59 Å². The molecule has 7 heteroatoms. The minimum atomic E-state index is -0.518. The number of nitrogens with one attached hydrogen (secondary N) is 1. The summed E-state index contributed by atoms with van der Waals surface area (Å²) in [7, 11) is 0. The first-order chi connectivity index (χ1) is 10.1. The van der Waals surface area contributed by atoms with Crippen LogP contribution in [0.3, 0.4) is 0 Å². The molecule has 0 saturated carbocycles. The Labute approximate surface area is 128 Å². The molecule has 21 heavy (non-hydrogen) atoms. The highest BCUT2D eigenvalue weighted by molar-refractivity contribution is 7.09. The van der Waals surface area contributed by atoms with Gasteiger partial charge in [-0.15, -0.1) is 11.3 Å². The van der Waals surface area contributed by atoms with Crippen molar-refractivity contribution in [1.82, 2.24) is 15.2 Å². The van der Waals surface area contributed by atoms with E-state index in [4.69, 9.17) is 5.73 Å². The predicted octanol–water partition coefficient (Wildman–Crippen LogP) is 0.775. The minimum absolute atomic E-state index is 0.0135. The van der Waals surface area contributed by atoms with E-state index in [0.29, 0.717) is 18.7 Å². The Morgan fingerprint density at radius 1 is 1.43 bits per heavy atom. The van der Waals surface area contributed by atoms with E-state index in [0.717, 1.165) is 30.9 Å². The van der Waals surface area contributed by atoms with Crippen LogP contribution in [0.25, 0.3) is 0 Å². The molecule has 0 spiro atoms. The molecule has 0 aliphatic carbocycles. The average molecular weight is 310 g/mol. The number of carbonyl (C=O) groups is 2. The smallest absolute Gasteiger partial charge is 0.271 e. The molecule has 0 bridgehead atoms. The highest BCUT2D eigenvalue weighted by Gasteiger charge is 2.24. The molecule has 0 aromatic carbocycles. The number of likely N-dealkylation sites (tertiary alicyclic amines) is 1. The Morgan fingerprint density at radius 3 is 2.81 bits per heavy atom. The fourth-order valence-electron chi connectivity index (χ4n) is 2.37. The van der Waals surface area contributed by atoms with E-state index in [1.807, 2.05) is 4.90 Å². The normalized spacial score (nSPS) is 16.6. The molecule has 1 aromatic rings. The van der Waals surface area contributed by atoms with Gasteiger partial charge in [0, 0.05) is 24.9 Å². The molecular formula is C14H22N4O2S. The molecule has 6 nitrogen and oxygen atoms in total. The Bertz CT molecular complexity index is 497. The number of thiazole rings is 1. The Kier molecular flexibility index (Phi) is 5.69. The van der Waals surface area contributed by atoms with Crippen molar-refractivity contribution in [2.75, 3.05) is 19.6 Å². The minimum Gasteiger partial charge on any atom is -0.341 e. The number of amides is 2. The van der Waals surface area contributed by atoms with Crippen molar-refractivity contribution in [3.63, 3.8) is 0 Å². The second-order valence-electron chi connectivity index (χ2n) is 5.25. The van der Waals surface area contributed by atoms with Gasteiger partial charge in [0.15, 0.2) is 0 Å². The van der Waals surface area contributed by atoms with Crippen molar-refractivity contribution >= 4 is 23.2 Å². The van der Waals surface area contributed by atoms with Crippen molar-refractivity contribution in [1.29, 1.82) is 0 Å². The molecule has 3 N–H and O–H groups in total. The SMILES string of the molecule is CC(NC(=O)c1csc(CCN)n1)C(=O)N1CCCCC1. The first-order valence-corrected chi connectivity index (χ1v) is 8.24. The van der Waals surface area contributed by atoms with E-state index in [1.54, 1.807) is 12.3 Å². The molecule has 2 rings (SSSR count). The van der Waals surface area contributed by atoms with Gasteiger partial charge in [-0.25, -0.2) is 4.98 Å². The van der Waals surface area contributed by atoms with Gasteiger partial charge in [-0.2, -0.15) is 0 Å². The monoisotopic (exact) mass is 310 g/mol. The van der Waals surface area contributed by atoms with Crippen molar-refractivity contribution in [3.8, 4) is 0 Å². The van der Waals surface area contributed by atoms with E-state index < -0.39 is 6.04 Å². The van der Waals surface area contributed by atoms with Crippen LogP contribution >= 0.6 is 11.3 Å². The zero-order valence-corrected chi connectivity index (χ0v) is 13.1. The van der Waals surface area contributed by atoms with Crippen molar-refractivity contribution in [2.45, 2.75) is 38.6 Å². The molecule has 1 aliphatic rings. The molecule has 2 heterocycles. The molecule has 1 atom stereocenters. The quantitative estimate of drug-likeness (QED) is 0.841. The number of aromatic nitrogens is 1. The fraction of sp³-hybridized carbons (Fsp3) is 0.643. The van der Waals surface area contributed by atoms with E-state index >= 15 is 0 Å². The molecule has 2 amide bonds. The van der Waals surface area contributed by atoms with E-state index in [-0.39, 0.29) is 11.8 Å². The van der Waals surface area contributed by atoms with Crippen LogP contribution in [-0.4, -0.2) is 47.4 Å². The number of carbonyl (C=O) groups excluding carboxylic acids is 2. The second kappa shape index (κ2) is 7.51. The lowest BCUT2D eigenvalue weighted by atomic mass is 10.1. The zero-order chi connectivity index (χ0) is 15.2. The van der Waals surface area contributed by atoms with Gasteiger partial charge < -0.3 is 16.0 Å². The molecular weight excluding hydrogens is 288 g/mol. The van der Waals surface area contributed by atoms with E-state index in [1.165, 1.54) is 17.8 Å². The Morgan fingerprint density at radius 2 is 2.14 bits per heavy atom. The van der Waals surface area contributed by atoms with Crippen LogP contribution < -0.4 is 11.1 Å².